The van der Waals surface area contributed by atoms with Gasteiger partial charge in [0, 0.05) is 17.9 Å². The minimum atomic E-state index is -1.27. The number of cyclic esters (lactones) is 2. The Morgan fingerprint density at radius 1 is 1.03 bits per heavy atom. The number of rotatable bonds is 1. The molecule has 2 saturated heterocycles. The van der Waals surface area contributed by atoms with E-state index in [1.165, 1.54) is 0 Å². The third-order valence-electron chi connectivity index (χ3n) is 11.9. The topological polar surface area (TPSA) is 102 Å². The molecule has 10 unspecified atom stereocenters. The highest BCUT2D eigenvalue weighted by molar-refractivity contribution is 5.98. The molecule has 7 heteroatoms. The lowest BCUT2D eigenvalue weighted by molar-refractivity contribution is -0.201. The van der Waals surface area contributed by atoms with Crippen molar-refractivity contribution in [1.29, 1.82) is 0 Å². The molecule has 35 heavy (non-hydrogen) atoms. The maximum atomic E-state index is 13.9. The van der Waals surface area contributed by atoms with Crippen LogP contribution in [0.25, 0.3) is 0 Å². The summed E-state index contributed by atoms with van der Waals surface area (Å²) in [6, 6.07) is 0. The van der Waals surface area contributed by atoms with Crippen LogP contribution in [-0.4, -0.2) is 51.8 Å². The number of ether oxygens (including phenoxy) is 3. The van der Waals surface area contributed by atoms with E-state index in [2.05, 4.69) is 0 Å². The molecule has 7 nitrogen and oxygen atoms in total. The largest absolute Gasteiger partial charge is 0.455 e. The van der Waals surface area contributed by atoms with Crippen LogP contribution < -0.4 is 0 Å². The third-order valence-corrected chi connectivity index (χ3v) is 11.9. The highest BCUT2D eigenvalue weighted by Crippen LogP contribution is 2.76. The van der Waals surface area contributed by atoms with Crippen molar-refractivity contribution in [2.24, 2.45) is 28.6 Å². The van der Waals surface area contributed by atoms with Crippen molar-refractivity contribution in [1.82, 2.24) is 0 Å². The molecule has 188 valence electrons. The predicted octanol–water partition coefficient (Wildman–Crippen LogP) is 3.18. The van der Waals surface area contributed by atoms with Crippen molar-refractivity contribution >= 4 is 17.7 Å². The van der Waals surface area contributed by atoms with E-state index in [0.29, 0.717) is 44.1 Å². The molecule has 0 amide bonds. The van der Waals surface area contributed by atoms with Crippen molar-refractivity contribution < 1.29 is 33.7 Å². The first kappa shape index (κ1) is 22.2. The van der Waals surface area contributed by atoms with Gasteiger partial charge in [0.25, 0.3) is 0 Å². The highest BCUT2D eigenvalue weighted by atomic mass is 16.6. The molecule has 0 aromatic heterocycles. The first-order valence-corrected chi connectivity index (χ1v) is 13.2. The van der Waals surface area contributed by atoms with E-state index in [1.807, 2.05) is 26.8 Å². The molecule has 3 aliphatic heterocycles. The van der Waals surface area contributed by atoms with Crippen LogP contribution in [0.4, 0.5) is 0 Å². The van der Waals surface area contributed by atoms with Crippen LogP contribution in [0.3, 0.4) is 0 Å². The molecule has 10 atom stereocenters. The molecule has 7 aliphatic rings. The quantitative estimate of drug-likeness (QED) is 0.452. The van der Waals surface area contributed by atoms with Crippen LogP contribution >= 0.6 is 0 Å². The number of ketones is 1. The zero-order valence-corrected chi connectivity index (χ0v) is 20.9. The molecular formula is C28H34O7. The molecule has 2 spiro atoms. The monoisotopic (exact) mass is 482 g/mol. The molecule has 3 saturated carbocycles. The zero-order chi connectivity index (χ0) is 24.8. The number of esters is 2. The first-order valence-electron chi connectivity index (χ1n) is 13.2. The van der Waals surface area contributed by atoms with Crippen molar-refractivity contribution in [2.75, 3.05) is 0 Å². The number of carbonyl (C=O) groups excluding carboxylic acids is 3. The Labute approximate surface area is 205 Å². The van der Waals surface area contributed by atoms with Gasteiger partial charge < -0.3 is 19.3 Å². The molecule has 0 aromatic carbocycles. The molecular weight excluding hydrogens is 448 g/mol. The summed E-state index contributed by atoms with van der Waals surface area (Å²) < 4.78 is 18.3. The summed E-state index contributed by atoms with van der Waals surface area (Å²) in [5, 5.41) is 12.5. The number of fused-ring (bicyclic) bond motifs is 3. The highest BCUT2D eigenvalue weighted by Gasteiger charge is 2.84. The second-order valence-electron chi connectivity index (χ2n) is 12.7. The number of hydrogen-bond donors (Lipinski definition) is 1. The van der Waals surface area contributed by atoms with Crippen LogP contribution in [0.1, 0.15) is 72.6 Å². The van der Waals surface area contributed by atoms with Gasteiger partial charge in [-0.2, -0.15) is 0 Å². The van der Waals surface area contributed by atoms with Gasteiger partial charge in [0.15, 0.2) is 11.4 Å². The predicted molar refractivity (Wildman–Crippen MR) is 123 cm³/mol. The standard InChI is InChI=1S/C28H34O7/c1-14-12-20(33-22(30)15(14)2)25(4)18-8-11-27(32)17-13-21-28(34-21)9-5-6-19(29)24(28,3)16(17)7-10-26(18,27)23(31)35-25/h5-6,16-18,20-21,32H,7-13H2,1-4H3. The Hall–Kier alpha value is -1.99. The van der Waals surface area contributed by atoms with Gasteiger partial charge in [-0.25, -0.2) is 4.79 Å². The van der Waals surface area contributed by atoms with Gasteiger partial charge in [-0.15, -0.1) is 0 Å². The average molecular weight is 483 g/mol. The molecule has 0 aromatic rings. The van der Waals surface area contributed by atoms with Crippen molar-refractivity contribution in [2.45, 2.75) is 102 Å². The summed E-state index contributed by atoms with van der Waals surface area (Å²) in [5.41, 5.74) is -2.88. The van der Waals surface area contributed by atoms with E-state index in [9.17, 15) is 19.5 Å². The van der Waals surface area contributed by atoms with Crippen LogP contribution in [0.15, 0.2) is 23.3 Å². The second-order valence-corrected chi connectivity index (χ2v) is 12.7. The van der Waals surface area contributed by atoms with Gasteiger partial charge in [-0.3, -0.25) is 9.59 Å². The minimum absolute atomic E-state index is 0.0481. The molecule has 3 heterocycles. The number of allylic oxidation sites excluding steroid dienone is 1. The molecule has 0 bridgehead atoms. The summed E-state index contributed by atoms with van der Waals surface area (Å²) in [6.07, 6.45) is 7.15. The first-order chi connectivity index (χ1) is 16.5. The minimum Gasteiger partial charge on any atom is -0.455 e. The van der Waals surface area contributed by atoms with Crippen LogP contribution in [0.2, 0.25) is 0 Å². The normalized spacial score (nSPS) is 55.9. The lowest BCUT2D eigenvalue weighted by Crippen LogP contribution is -2.67. The molecule has 4 aliphatic carbocycles. The van der Waals surface area contributed by atoms with E-state index < -0.39 is 33.7 Å². The Morgan fingerprint density at radius 3 is 2.54 bits per heavy atom. The van der Waals surface area contributed by atoms with E-state index in [0.717, 1.165) is 12.0 Å². The van der Waals surface area contributed by atoms with Crippen molar-refractivity contribution in [3.8, 4) is 0 Å². The summed E-state index contributed by atoms with van der Waals surface area (Å²) in [5.74, 6) is -1.15. The molecule has 1 N–H and O–H groups in total. The Kier molecular flexibility index (Phi) is 3.99. The van der Waals surface area contributed by atoms with Gasteiger partial charge in [-0.05, 0) is 84.1 Å². The number of hydrogen-bond acceptors (Lipinski definition) is 7. The van der Waals surface area contributed by atoms with Gasteiger partial charge in [0.05, 0.1) is 17.1 Å². The smallest absolute Gasteiger partial charge is 0.334 e. The van der Waals surface area contributed by atoms with Gasteiger partial charge >= 0.3 is 11.9 Å². The summed E-state index contributed by atoms with van der Waals surface area (Å²) in [7, 11) is 0. The SMILES string of the molecule is CC1=C(C)C(=O)OC(C2(C)OC(=O)C34CCC5C(CC6OC67CC=CC(=O)C57C)C3(O)CCC24)C1. The van der Waals surface area contributed by atoms with Crippen LogP contribution in [0, 0.1) is 28.6 Å². The van der Waals surface area contributed by atoms with Crippen molar-refractivity contribution in [3.63, 3.8) is 0 Å². The summed E-state index contributed by atoms with van der Waals surface area (Å²) in [6.45, 7) is 7.61. The lowest BCUT2D eigenvalue weighted by Gasteiger charge is -2.59. The molecule has 7 rings (SSSR count). The number of carbonyl (C=O) groups is 3. The number of aliphatic hydroxyl groups is 1. The van der Waals surface area contributed by atoms with Gasteiger partial charge in [0.2, 0.25) is 0 Å². The Morgan fingerprint density at radius 2 is 1.80 bits per heavy atom. The Bertz CT molecular complexity index is 1150. The van der Waals surface area contributed by atoms with Gasteiger partial charge in [-0.1, -0.05) is 11.6 Å². The maximum absolute atomic E-state index is 13.9. The second kappa shape index (κ2) is 6.28. The Balaban J connectivity index is 1.29. The van der Waals surface area contributed by atoms with E-state index >= 15 is 0 Å². The van der Waals surface area contributed by atoms with Crippen LogP contribution in [-0.2, 0) is 28.6 Å². The fourth-order valence-corrected chi connectivity index (χ4v) is 9.80. The molecule has 0 radical (unpaired) electrons. The molecule has 5 fully saturated rings. The van der Waals surface area contributed by atoms with E-state index in [4.69, 9.17) is 14.2 Å². The number of epoxide rings is 1. The lowest BCUT2D eigenvalue weighted by atomic mass is 9.43. The maximum Gasteiger partial charge on any atom is 0.334 e. The van der Waals surface area contributed by atoms with Gasteiger partial charge in [0.1, 0.15) is 17.1 Å². The fourth-order valence-electron chi connectivity index (χ4n) is 9.80. The fraction of sp³-hybridized carbons (Fsp3) is 0.750. The zero-order valence-electron chi connectivity index (χ0n) is 20.9. The average Bonchev–Trinajstić information content (AvgIpc) is 3.34. The summed E-state index contributed by atoms with van der Waals surface area (Å²) >= 11 is 0. The van der Waals surface area contributed by atoms with Crippen molar-refractivity contribution in [3.05, 3.63) is 23.3 Å². The van der Waals surface area contributed by atoms with Crippen LogP contribution in [0.5, 0.6) is 0 Å². The summed E-state index contributed by atoms with van der Waals surface area (Å²) in [4.78, 5) is 39.7. The van der Waals surface area contributed by atoms with E-state index in [1.54, 1.807) is 13.0 Å². The third kappa shape index (κ3) is 2.18. The van der Waals surface area contributed by atoms with E-state index in [-0.39, 0.29) is 41.6 Å².